The van der Waals surface area contributed by atoms with Gasteiger partial charge < -0.3 is 5.73 Å². The van der Waals surface area contributed by atoms with Crippen molar-refractivity contribution < 1.29 is 4.39 Å². The van der Waals surface area contributed by atoms with E-state index in [1.165, 1.54) is 12.3 Å². The van der Waals surface area contributed by atoms with Gasteiger partial charge in [-0.3, -0.25) is 4.98 Å². The maximum atomic E-state index is 12.7. The normalized spacial score (nSPS) is 11.9. The SMILES string of the molecule is C[C@@H](N)c1ncccc1F.Cl. The zero-order valence-electron chi connectivity index (χ0n) is 6.12. The average Bonchev–Trinajstić information content (AvgIpc) is 1.88. The minimum atomic E-state index is -0.336. The Balaban J connectivity index is 0.000001000. The third-order valence-corrected chi connectivity index (χ3v) is 1.22. The summed E-state index contributed by atoms with van der Waals surface area (Å²) in [5.41, 5.74) is 5.73. The van der Waals surface area contributed by atoms with Gasteiger partial charge in [0, 0.05) is 12.2 Å². The molecule has 2 N–H and O–H groups in total. The Morgan fingerprint density at radius 2 is 2.27 bits per heavy atom. The molecule has 0 aromatic carbocycles. The van der Waals surface area contributed by atoms with Crippen molar-refractivity contribution in [2.75, 3.05) is 0 Å². The zero-order valence-corrected chi connectivity index (χ0v) is 6.94. The second-order valence-corrected chi connectivity index (χ2v) is 2.16. The number of aromatic nitrogens is 1. The zero-order chi connectivity index (χ0) is 7.56. The van der Waals surface area contributed by atoms with E-state index in [4.69, 9.17) is 5.73 Å². The second-order valence-electron chi connectivity index (χ2n) is 2.16. The number of nitrogens with two attached hydrogens (primary N) is 1. The van der Waals surface area contributed by atoms with Crippen LogP contribution in [0.25, 0.3) is 0 Å². The van der Waals surface area contributed by atoms with Crippen LogP contribution in [0.2, 0.25) is 0 Å². The van der Waals surface area contributed by atoms with E-state index in [0.717, 1.165) is 0 Å². The van der Waals surface area contributed by atoms with Crippen molar-refractivity contribution in [1.82, 2.24) is 4.98 Å². The van der Waals surface area contributed by atoms with Gasteiger partial charge in [0.1, 0.15) is 5.82 Å². The molecular formula is C7H10ClFN2. The van der Waals surface area contributed by atoms with Crippen LogP contribution in [-0.4, -0.2) is 4.98 Å². The highest BCUT2D eigenvalue weighted by molar-refractivity contribution is 5.85. The van der Waals surface area contributed by atoms with Gasteiger partial charge in [0.05, 0.1) is 5.69 Å². The summed E-state index contributed by atoms with van der Waals surface area (Å²) in [5.74, 6) is -0.336. The summed E-state index contributed by atoms with van der Waals surface area (Å²) in [6, 6.07) is 2.56. The van der Waals surface area contributed by atoms with Crippen molar-refractivity contribution in [3.8, 4) is 0 Å². The molecule has 0 unspecified atom stereocenters. The maximum absolute atomic E-state index is 12.7. The molecule has 1 atom stereocenters. The van der Waals surface area contributed by atoms with Gasteiger partial charge >= 0.3 is 0 Å². The highest BCUT2D eigenvalue weighted by Crippen LogP contribution is 2.09. The lowest BCUT2D eigenvalue weighted by Crippen LogP contribution is -2.09. The second kappa shape index (κ2) is 4.26. The predicted molar refractivity (Wildman–Crippen MR) is 44.0 cm³/mol. The minimum Gasteiger partial charge on any atom is -0.323 e. The van der Waals surface area contributed by atoms with Gasteiger partial charge in [-0.15, -0.1) is 12.4 Å². The van der Waals surface area contributed by atoms with E-state index in [1.807, 2.05) is 0 Å². The van der Waals surface area contributed by atoms with E-state index in [2.05, 4.69) is 4.98 Å². The van der Waals surface area contributed by atoms with Gasteiger partial charge in [-0.05, 0) is 19.1 Å². The fourth-order valence-electron chi connectivity index (χ4n) is 0.733. The first kappa shape index (κ1) is 10.3. The van der Waals surface area contributed by atoms with Crippen LogP contribution in [0.4, 0.5) is 4.39 Å². The molecule has 0 aliphatic rings. The Hall–Kier alpha value is -0.670. The predicted octanol–water partition coefficient (Wildman–Crippen LogP) is 1.66. The van der Waals surface area contributed by atoms with E-state index in [0.29, 0.717) is 5.69 Å². The van der Waals surface area contributed by atoms with Crippen molar-refractivity contribution >= 4 is 12.4 Å². The summed E-state index contributed by atoms with van der Waals surface area (Å²) in [6.45, 7) is 1.70. The smallest absolute Gasteiger partial charge is 0.146 e. The van der Waals surface area contributed by atoms with E-state index in [9.17, 15) is 4.39 Å². The largest absolute Gasteiger partial charge is 0.323 e. The first-order chi connectivity index (χ1) is 4.72. The summed E-state index contributed by atoms with van der Waals surface area (Å²) in [5, 5.41) is 0. The Morgan fingerprint density at radius 1 is 1.64 bits per heavy atom. The minimum absolute atomic E-state index is 0. The Morgan fingerprint density at radius 3 is 2.64 bits per heavy atom. The number of hydrogen-bond donors (Lipinski definition) is 1. The number of hydrogen-bond acceptors (Lipinski definition) is 2. The van der Waals surface area contributed by atoms with Crippen LogP contribution in [0, 0.1) is 5.82 Å². The van der Waals surface area contributed by atoms with Crippen molar-refractivity contribution in [3.05, 3.63) is 29.8 Å². The van der Waals surface area contributed by atoms with Gasteiger partial charge in [0.15, 0.2) is 0 Å². The first-order valence-electron chi connectivity index (χ1n) is 3.08. The van der Waals surface area contributed by atoms with Crippen molar-refractivity contribution in [3.63, 3.8) is 0 Å². The Labute approximate surface area is 71.0 Å². The Kier molecular flexibility index (Phi) is 4.00. The molecule has 1 aromatic heterocycles. The van der Waals surface area contributed by atoms with Gasteiger partial charge in [0.2, 0.25) is 0 Å². The molecule has 0 aliphatic carbocycles. The molecule has 0 aliphatic heterocycles. The van der Waals surface area contributed by atoms with E-state index in [1.54, 1.807) is 13.0 Å². The van der Waals surface area contributed by atoms with Crippen molar-refractivity contribution in [2.24, 2.45) is 5.73 Å². The van der Waals surface area contributed by atoms with Crippen LogP contribution >= 0.6 is 12.4 Å². The molecule has 4 heteroatoms. The summed E-state index contributed by atoms with van der Waals surface area (Å²) in [6.07, 6.45) is 1.53. The molecule has 0 radical (unpaired) electrons. The highest BCUT2D eigenvalue weighted by Gasteiger charge is 2.05. The van der Waals surface area contributed by atoms with Gasteiger partial charge in [-0.2, -0.15) is 0 Å². The lowest BCUT2D eigenvalue weighted by Gasteiger charge is -2.03. The number of rotatable bonds is 1. The van der Waals surface area contributed by atoms with Crippen molar-refractivity contribution in [1.29, 1.82) is 0 Å². The number of pyridine rings is 1. The maximum Gasteiger partial charge on any atom is 0.146 e. The van der Waals surface area contributed by atoms with Crippen LogP contribution < -0.4 is 5.73 Å². The number of halogens is 2. The molecular weight excluding hydrogens is 167 g/mol. The van der Waals surface area contributed by atoms with Crippen LogP contribution in [0.15, 0.2) is 18.3 Å². The molecule has 2 nitrogen and oxygen atoms in total. The fourth-order valence-corrected chi connectivity index (χ4v) is 0.733. The van der Waals surface area contributed by atoms with Crippen LogP contribution in [0.3, 0.4) is 0 Å². The first-order valence-corrected chi connectivity index (χ1v) is 3.08. The fraction of sp³-hybridized carbons (Fsp3) is 0.286. The van der Waals surface area contributed by atoms with Gasteiger partial charge in [0.25, 0.3) is 0 Å². The molecule has 0 saturated heterocycles. The molecule has 0 saturated carbocycles. The molecule has 0 spiro atoms. The molecule has 11 heavy (non-hydrogen) atoms. The topological polar surface area (TPSA) is 38.9 Å². The lowest BCUT2D eigenvalue weighted by molar-refractivity contribution is 0.579. The monoisotopic (exact) mass is 176 g/mol. The molecule has 0 fully saturated rings. The molecule has 1 rings (SSSR count). The molecule has 1 heterocycles. The summed E-state index contributed by atoms with van der Waals surface area (Å²) >= 11 is 0. The van der Waals surface area contributed by atoms with E-state index < -0.39 is 0 Å². The van der Waals surface area contributed by atoms with E-state index in [-0.39, 0.29) is 24.3 Å². The van der Waals surface area contributed by atoms with Gasteiger partial charge in [-0.25, -0.2) is 4.39 Å². The Bertz CT molecular complexity index is 227. The summed E-state index contributed by atoms with van der Waals surface area (Å²) < 4.78 is 12.7. The van der Waals surface area contributed by atoms with E-state index >= 15 is 0 Å². The summed E-state index contributed by atoms with van der Waals surface area (Å²) in [7, 11) is 0. The van der Waals surface area contributed by atoms with Gasteiger partial charge in [-0.1, -0.05) is 0 Å². The van der Waals surface area contributed by atoms with Crippen molar-refractivity contribution in [2.45, 2.75) is 13.0 Å². The summed E-state index contributed by atoms with van der Waals surface area (Å²) in [4.78, 5) is 3.78. The molecule has 0 bridgehead atoms. The average molecular weight is 177 g/mol. The molecule has 0 amide bonds. The standard InChI is InChI=1S/C7H9FN2.ClH/c1-5(9)7-6(8)3-2-4-10-7;/h2-5H,9H2,1H3;1H/t5-;/m1./s1. The third kappa shape index (κ3) is 2.44. The van der Waals surface area contributed by atoms with Crippen LogP contribution in [-0.2, 0) is 0 Å². The lowest BCUT2D eigenvalue weighted by atomic mass is 10.2. The number of nitrogens with zero attached hydrogens (tertiary/aromatic N) is 1. The quantitative estimate of drug-likeness (QED) is 0.707. The van der Waals surface area contributed by atoms with Crippen LogP contribution in [0.5, 0.6) is 0 Å². The third-order valence-electron chi connectivity index (χ3n) is 1.22. The molecule has 62 valence electrons. The highest BCUT2D eigenvalue weighted by atomic mass is 35.5. The van der Waals surface area contributed by atoms with Crippen LogP contribution in [0.1, 0.15) is 18.7 Å². The molecule has 1 aromatic rings.